The molecule has 0 unspecified atom stereocenters. The van der Waals surface area contributed by atoms with Gasteiger partial charge >= 0.3 is 5.97 Å². The Morgan fingerprint density at radius 1 is 1.09 bits per heavy atom. The molecule has 0 radical (unpaired) electrons. The summed E-state index contributed by atoms with van der Waals surface area (Å²) in [7, 11) is 1.62. The van der Waals surface area contributed by atoms with Gasteiger partial charge in [-0.05, 0) is 55.5 Å². The Kier molecular flexibility index (Phi) is 5.59. The molecule has 1 aliphatic rings. The first-order valence-electron chi connectivity index (χ1n) is 10.7. The van der Waals surface area contributed by atoms with Crippen LogP contribution in [0.2, 0.25) is 5.02 Å². The fourth-order valence-electron chi connectivity index (χ4n) is 3.97. The van der Waals surface area contributed by atoms with Gasteiger partial charge < -0.3 is 18.8 Å². The van der Waals surface area contributed by atoms with Crippen LogP contribution in [0.5, 0.6) is 17.2 Å². The zero-order valence-electron chi connectivity index (χ0n) is 18.5. The van der Waals surface area contributed by atoms with Crippen LogP contribution < -0.4 is 14.2 Å². The number of ether oxygens (including phenoxy) is 3. The van der Waals surface area contributed by atoms with E-state index in [1.807, 2.05) is 24.4 Å². The van der Waals surface area contributed by atoms with Crippen molar-refractivity contribution in [2.45, 2.75) is 13.5 Å². The minimum absolute atomic E-state index is 0.197. The van der Waals surface area contributed by atoms with Gasteiger partial charge in [0, 0.05) is 35.3 Å². The van der Waals surface area contributed by atoms with Crippen LogP contribution in [-0.2, 0) is 6.54 Å². The topological polar surface area (TPSA) is 66.8 Å². The lowest BCUT2D eigenvalue weighted by Gasteiger charge is -2.06. The molecule has 4 aromatic rings. The lowest BCUT2D eigenvalue weighted by atomic mass is 10.1. The highest BCUT2D eigenvalue weighted by Crippen LogP contribution is 2.36. The third-order valence-electron chi connectivity index (χ3n) is 5.69. The Balaban J connectivity index is 1.45. The van der Waals surface area contributed by atoms with Crippen LogP contribution in [0.3, 0.4) is 0 Å². The molecular weight excluding hydrogens is 454 g/mol. The van der Waals surface area contributed by atoms with E-state index >= 15 is 0 Å². The molecule has 0 N–H and O–H groups in total. The van der Waals surface area contributed by atoms with E-state index in [0.717, 1.165) is 28.8 Å². The van der Waals surface area contributed by atoms with Crippen LogP contribution in [0.1, 0.15) is 33.2 Å². The molecule has 0 saturated heterocycles. The first-order valence-corrected chi connectivity index (χ1v) is 11.1. The summed E-state index contributed by atoms with van der Waals surface area (Å²) in [5.41, 5.74) is 2.54. The van der Waals surface area contributed by atoms with E-state index in [1.54, 1.807) is 49.6 Å². The number of Topliss-reactive ketones (excluding diaryl/α,β-unsaturated/α-hetero) is 1. The van der Waals surface area contributed by atoms with Gasteiger partial charge in [-0.25, -0.2) is 4.79 Å². The fraction of sp³-hybridized carbons (Fsp3) is 0.111. The predicted octanol–water partition coefficient (Wildman–Crippen LogP) is 6.16. The summed E-state index contributed by atoms with van der Waals surface area (Å²) < 4.78 is 18.8. The number of ketones is 1. The third-order valence-corrected chi connectivity index (χ3v) is 6.02. The SMILES string of the molecule is CCn1cc(/C=C2/Oc3cc(OC(=O)c4ccccc4Cl)ccc3C2=O)c2cc(OC)ccc21. The van der Waals surface area contributed by atoms with Crippen molar-refractivity contribution in [1.82, 2.24) is 4.57 Å². The average Bonchev–Trinajstić information content (AvgIpc) is 3.35. The van der Waals surface area contributed by atoms with Crippen molar-refractivity contribution in [3.05, 3.63) is 94.3 Å². The van der Waals surface area contributed by atoms with Crippen LogP contribution >= 0.6 is 11.6 Å². The zero-order chi connectivity index (χ0) is 23.8. The predicted molar refractivity (Wildman–Crippen MR) is 130 cm³/mol. The molecule has 0 fully saturated rings. The third kappa shape index (κ3) is 3.82. The van der Waals surface area contributed by atoms with Gasteiger partial charge in [0.25, 0.3) is 0 Å². The second kappa shape index (κ2) is 8.72. The highest BCUT2D eigenvalue weighted by molar-refractivity contribution is 6.33. The quantitative estimate of drug-likeness (QED) is 0.197. The van der Waals surface area contributed by atoms with Crippen molar-refractivity contribution in [3.63, 3.8) is 0 Å². The number of aromatic nitrogens is 1. The maximum absolute atomic E-state index is 13.0. The van der Waals surface area contributed by atoms with Crippen molar-refractivity contribution in [2.75, 3.05) is 7.11 Å². The van der Waals surface area contributed by atoms with E-state index in [2.05, 4.69) is 11.5 Å². The van der Waals surface area contributed by atoms with Gasteiger partial charge in [0.2, 0.25) is 5.78 Å². The maximum atomic E-state index is 13.0. The molecule has 1 aliphatic heterocycles. The molecule has 7 heteroatoms. The van der Waals surface area contributed by atoms with Gasteiger partial charge in [-0.3, -0.25) is 4.79 Å². The van der Waals surface area contributed by atoms with E-state index in [9.17, 15) is 9.59 Å². The molecule has 0 bridgehead atoms. The lowest BCUT2D eigenvalue weighted by molar-refractivity contribution is 0.0734. The Hall–Kier alpha value is -4.03. The number of carbonyl (C=O) groups excluding carboxylic acids is 2. The van der Waals surface area contributed by atoms with Gasteiger partial charge in [-0.1, -0.05) is 23.7 Å². The van der Waals surface area contributed by atoms with E-state index in [4.69, 9.17) is 25.8 Å². The molecule has 0 saturated carbocycles. The summed E-state index contributed by atoms with van der Waals surface area (Å²) in [6.07, 6.45) is 3.71. The maximum Gasteiger partial charge on any atom is 0.345 e. The second-order valence-corrected chi connectivity index (χ2v) is 8.13. The molecule has 0 aliphatic carbocycles. The summed E-state index contributed by atoms with van der Waals surface area (Å²) in [5, 5.41) is 1.25. The number of benzene rings is 3. The van der Waals surface area contributed by atoms with Gasteiger partial charge in [0.05, 0.1) is 23.3 Å². The van der Waals surface area contributed by atoms with Crippen LogP contribution in [0.15, 0.2) is 72.6 Å². The molecule has 2 heterocycles. The summed E-state index contributed by atoms with van der Waals surface area (Å²) >= 11 is 6.08. The Bertz CT molecular complexity index is 1480. The number of fused-ring (bicyclic) bond motifs is 2. The van der Waals surface area contributed by atoms with Crippen molar-refractivity contribution >= 4 is 40.3 Å². The molecule has 3 aromatic carbocycles. The van der Waals surface area contributed by atoms with E-state index in [1.165, 1.54) is 6.07 Å². The van der Waals surface area contributed by atoms with Crippen LogP contribution in [-0.4, -0.2) is 23.4 Å². The summed E-state index contributed by atoms with van der Waals surface area (Å²) in [5.74, 6) is 0.685. The van der Waals surface area contributed by atoms with Gasteiger partial charge in [0.15, 0.2) is 5.76 Å². The molecule has 0 atom stereocenters. The number of carbonyl (C=O) groups is 2. The highest BCUT2D eigenvalue weighted by Gasteiger charge is 2.28. The average molecular weight is 474 g/mol. The summed E-state index contributed by atoms with van der Waals surface area (Å²) in [4.78, 5) is 25.5. The van der Waals surface area contributed by atoms with Gasteiger partial charge in [-0.2, -0.15) is 0 Å². The van der Waals surface area contributed by atoms with E-state index in [-0.39, 0.29) is 22.9 Å². The molecule has 1 aromatic heterocycles. The van der Waals surface area contributed by atoms with Crippen molar-refractivity contribution in [1.29, 1.82) is 0 Å². The van der Waals surface area contributed by atoms with Crippen LogP contribution in [0.4, 0.5) is 0 Å². The van der Waals surface area contributed by atoms with Crippen LogP contribution in [0.25, 0.3) is 17.0 Å². The molecular formula is C27H20ClNO5. The zero-order valence-corrected chi connectivity index (χ0v) is 19.3. The number of halogens is 1. The summed E-state index contributed by atoms with van der Waals surface area (Å²) in [6.45, 7) is 2.83. The molecule has 170 valence electrons. The molecule has 34 heavy (non-hydrogen) atoms. The minimum Gasteiger partial charge on any atom is -0.497 e. The molecule has 0 spiro atoms. The van der Waals surface area contributed by atoms with Crippen LogP contribution in [0, 0.1) is 0 Å². The van der Waals surface area contributed by atoms with Crippen molar-refractivity contribution < 1.29 is 23.8 Å². The fourth-order valence-corrected chi connectivity index (χ4v) is 4.18. The number of nitrogens with zero attached hydrogens (tertiary/aromatic N) is 1. The smallest absolute Gasteiger partial charge is 0.345 e. The Morgan fingerprint density at radius 2 is 1.88 bits per heavy atom. The summed E-state index contributed by atoms with van der Waals surface area (Å²) in [6, 6.07) is 17.2. The standard InChI is InChI=1S/C27H20ClNO5/c1-3-29-15-16(21-13-17(32-2)9-11-23(21)29)12-25-26(30)20-10-8-18(14-24(20)34-25)33-27(31)19-6-4-5-7-22(19)28/h4-15H,3H2,1-2H3/b25-12+. The number of hydrogen-bond donors (Lipinski definition) is 0. The second-order valence-electron chi connectivity index (χ2n) is 7.72. The van der Waals surface area contributed by atoms with E-state index < -0.39 is 5.97 Å². The number of methoxy groups -OCH3 is 1. The molecule has 6 nitrogen and oxygen atoms in total. The van der Waals surface area contributed by atoms with E-state index in [0.29, 0.717) is 16.3 Å². The highest BCUT2D eigenvalue weighted by atomic mass is 35.5. The van der Waals surface area contributed by atoms with Crippen molar-refractivity contribution in [3.8, 4) is 17.2 Å². The minimum atomic E-state index is -0.591. The Labute approximate surface area is 200 Å². The van der Waals surface area contributed by atoms with Gasteiger partial charge in [-0.15, -0.1) is 0 Å². The normalized spacial score (nSPS) is 13.7. The van der Waals surface area contributed by atoms with Crippen molar-refractivity contribution in [2.24, 2.45) is 0 Å². The number of esters is 1. The largest absolute Gasteiger partial charge is 0.497 e. The number of rotatable bonds is 5. The number of aryl methyl sites for hydroxylation is 1. The first kappa shape index (κ1) is 21.8. The first-order chi connectivity index (χ1) is 16.5. The molecule has 5 rings (SSSR count). The number of allylic oxidation sites excluding steroid dienone is 1. The molecule has 0 amide bonds. The monoisotopic (exact) mass is 473 g/mol. The lowest BCUT2D eigenvalue weighted by Crippen LogP contribution is -2.09. The Morgan fingerprint density at radius 3 is 2.65 bits per heavy atom. The number of hydrogen-bond acceptors (Lipinski definition) is 5. The van der Waals surface area contributed by atoms with Gasteiger partial charge in [0.1, 0.15) is 17.2 Å².